The first-order valence-electron chi connectivity index (χ1n) is 6.98. The van der Waals surface area contributed by atoms with Crippen molar-refractivity contribution in [3.63, 3.8) is 0 Å². The molecular weight excluding hydrogens is 250 g/mol. The van der Waals surface area contributed by atoms with Crippen LogP contribution >= 0.6 is 0 Å². The molecule has 1 aliphatic heterocycles. The van der Waals surface area contributed by atoms with E-state index in [1.165, 1.54) is 0 Å². The van der Waals surface area contributed by atoms with Crippen molar-refractivity contribution in [2.45, 2.75) is 45.2 Å². The highest BCUT2D eigenvalue weighted by molar-refractivity contribution is 5.93. The van der Waals surface area contributed by atoms with E-state index in [1.807, 2.05) is 18.2 Å². The second kappa shape index (κ2) is 5.29. The Labute approximate surface area is 120 Å². The Morgan fingerprint density at radius 2 is 1.80 bits per heavy atom. The van der Waals surface area contributed by atoms with Gasteiger partial charge in [-0.25, -0.2) is 0 Å². The van der Waals surface area contributed by atoms with E-state index < -0.39 is 0 Å². The third-order valence-electron chi connectivity index (χ3n) is 3.33. The van der Waals surface area contributed by atoms with Crippen LogP contribution in [0.25, 0.3) is 0 Å². The molecule has 0 saturated carbocycles. The first-order valence-corrected chi connectivity index (χ1v) is 6.98. The van der Waals surface area contributed by atoms with E-state index in [1.54, 1.807) is 12.1 Å². The van der Waals surface area contributed by atoms with Crippen molar-refractivity contribution < 1.29 is 10.1 Å². The smallest absolute Gasteiger partial charge is 0.269 e. The normalized spacial score (nSPS) is 19.9. The van der Waals surface area contributed by atoms with Crippen LogP contribution in [0.4, 0.5) is 0 Å². The van der Waals surface area contributed by atoms with Crippen molar-refractivity contribution in [1.29, 1.82) is 0 Å². The zero-order valence-electron chi connectivity index (χ0n) is 12.7. The van der Waals surface area contributed by atoms with Crippen molar-refractivity contribution in [1.82, 2.24) is 10.9 Å². The van der Waals surface area contributed by atoms with Gasteiger partial charge in [0.2, 0.25) is 0 Å². The number of benzene rings is 1. The molecule has 0 bridgehead atoms. The van der Waals surface area contributed by atoms with Gasteiger partial charge in [-0.05, 0) is 45.9 Å². The number of carbonyl (C=O) groups excluding carboxylic acids is 1. The standard InChI is InChI=1S/C16H23N3O/c1-15(2)10-13(11-16(3,4)19-15)17-18-14(20)12-8-6-5-7-9-12/h5-10,17,19H,11H2,1-4H3,(H,18,20)/p+1. The van der Waals surface area contributed by atoms with Gasteiger partial charge in [-0.2, -0.15) is 0 Å². The van der Waals surface area contributed by atoms with Crippen molar-refractivity contribution in [2.24, 2.45) is 0 Å². The molecule has 0 spiro atoms. The van der Waals surface area contributed by atoms with Crippen LogP contribution in [0.15, 0.2) is 42.1 Å². The number of quaternary nitrogens is 1. The Hall–Kier alpha value is -1.81. The Morgan fingerprint density at radius 1 is 1.15 bits per heavy atom. The van der Waals surface area contributed by atoms with Gasteiger partial charge in [-0.15, -0.1) is 0 Å². The predicted molar refractivity (Wildman–Crippen MR) is 79.8 cm³/mol. The molecule has 4 nitrogen and oxygen atoms in total. The van der Waals surface area contributed by atoms with Gasteiger partial charge in [0, 0.05) is 17.7 Å². The summed E-state index contributed by atoms with van der Waals surface area (Å²) in [5.74, 6) is -0.114. The number of hydrogen-bond donors (Lipinski definition) is 3. The minimum absolute atomic E-state index is 0.0293. The van der Waals surface area contributed by atoms with Gasteiger partial charge in [0.1, 0.15) is 5.54 Å². The fourth-order valence-corrected chi connectivity index (χ4v) is 2.97. The van der Waals surface area contributed by atoms with Crippen LogP contribution in [0.3, 0.4) is 0 Å². The Kier molecular flexibility index (Phi) is 3.86. The maximum absolute atomic E-state index is 12.0. The Morgan fingerprint density at radius 3 is 2.40 bits per heavy atom. The van der Waals surface area contributed by atoms with Gasteiger partial charge < -0.3 is 10.7 Å². The molecule has 1 aromatic carbocycles. The number of carbonyl (C=O) groups is 1. The molecule has 1 aromatic rings. The average molecular weight is 274 g/mol. The number of amides is 1. The summed E-state index contributed by atoms with van der Waals surface area (Å²) < 4.78 is 0. The van der Waals surface area contributed by atoms with E-state index in [9.17, 15) is 4.79 Å². The molecule has 108 valence electrons. The molecule has 0 aliphatic carbocycles. The third kappa shape index (κ3) is 3.84. The van der Waals surface area contributed by atoms with Crippen LogP contribution < -0.4 is 16.2 Å². The fourth-order valence-electron chi connectivity index (χ4n) is 2.97. The van der Waals surface area contributed by atoms with E-state index in [4.69, 9.17) is 0 Å². The molecule has 1 amide bonds. The zero-order chi connectivity index (χ0) is 14.8. The minimum Gasteiger partial charge on any atom is -0.334 e. The van der Waals surface area contributed by atoms with Gasteiger partial charge in [0.05, 0.1) is 5.54 Å². The summed E-state index contributed by atoms with van der Waals surface area (Å²) in [6.45, 7) is 8.77. The first kappa shape index (κ1) is 14.6. The molecule has 4 heteroatoms. The maximum atomic E-state index is 12.0. The molecule has 0 unspecified atom stereocenters. The molecule has 0 saturated heterocycles. The third-order valence-corrected chi connectivity index (χ3v) is 3.33. The Bertz CT molecular complexity index is 518. The summed E-state index contributed by atoms with van der Waals surface area (Å²) >= 11 is 0. The molecule has 1 heterocycles. The minimum atomic E-state index is -0.114. The maximum Gasteiger partial charge on any atom is 0.269 e. The molecule has 0 radical (unpaired) electrons. The summed E-state index contributed by atoms with van der Waals surface area (Å²) in [6, 6.07) is 9.21. The van der Waals surface area contributed by atoms with Crippen molar-refractivity contribution in [2.75, 3.05) is 0 Å². The highest BCUT2D eigenvalue weighted by Crippen LogP contribution is 2.18. The lowest BCUT2D eigenvalue weighted by atomic mass is 9.86. The van der Waals surface area contributed by atoms with E-state index in [-0.39, 0.29) is 17.0 Å². The lowest BCUT2D eigenvalue weighted by Crippen LogP contribution is -3.04. The van der Waals surface area contributed by atoms with E-state index in [2.05, 4.69) is 49.9 Å². The van der Waals surface area contributed by atoms with E-state index in [0.717, 1.165) is 12.1 Å². The molecule has 0 fully saturated rings. The van der Waals surface area contributed by atoms with Crippen LogP contribution in [0.5, 0.6) is 0 Å². The lowest BCUT2D eigenvalue weighted by Gasteiger charge is -2.37. The molecule has 4 N–H and O–H groups in total. The van der Waals surface area contributed by atoms with Crippen molar-refractivity contribution >= 4 is 5.91 Å². The number of nitrogens with one attached hydrogen (secondary N) is 2. The van der Waals surface area contributed by atoms with Crippen molar-refractivity contribution in [3.05, 3.63) is 47.7 Å². The molecule has 0 atom stereocenters. The van der Waals surface area contributed by atoms with E-state index in [0.29, 0.717) is 5.56 Å². The molecular formula is C16H24N3O+. The highest BCUT2D eigenvalue weighted by atomic mass is 16.2. The van der Waals surface area contributed by atoms with Crippen molar-refractivity contribution in [3.8, 4) is 0 Å². The summed E-state index contributed by atoms with van der Waals surface area (Å²) in [5.41, 5.74) is 7.71. The molecule has 20 heavy (non-hydrogen) atoms. The van der Waals surface area contributed by atoms with Gasteiger partial charge in [0.15, 0.2) is 0 Å². The lowest BCUT2D eigenvalue weighted by molar-refractivity contribution is -0.771. The SMILES string of the molecule is CC1(C)C=C(NNC(=O)c2ccccc2)CC(C)(C)[NH2+]1. The number of hydrogen-bond acceptors (Lipinski definition) is 2. The van der Waals surface area contributed by atoms with Gasteiger partial charge in [0.25, 0.3) is 5.91 Å². The van der Waals surface area contributed by atoms with Crippen LogP contribution in [0.2, 0.25) is 0 Å². The summed E-state index contributed by atoms with van der Waals surface area (Å²) in [6.07, 6.45) is 3.06. The number of rotatable bonds is 3. The first-order chi connectivity index (χ1) is 9.27. The van der Waals surface area contributed by atoms with Gasteiger partial charge in [-0.3, -0.25) is 10.2 Å². The van der Waals surface area contributed by atoms with Gasteiger partial charge >= 0.3 is 0 Å². The predicted octanol–water partition coefficient (Wildman–Crippen LogP) is 1.33. The molecule has 0 aromatic heterocycles. The topological polar surface area (TPSA) is 57.7 Å². The van der Waals surface area contributed by atoms with Gasteiger partial charge in [-0.1, -0.05) is 18.2 Å². The summed E-state index contributed by atoms with van der Waals surface area (Å²) in [4.78, 5) is 12.0. The summed E-state index contributed by atoms with van der Waals surface area (Å²) in [7, 11) is 0. The number of nitrogens with two attached hydrogens (primary N) is 1. The zero-order valence-corrected chi connectivity index (χ0v) is 12.7. The Balaban J connectivity index is 2.00. The highest BCUT2D eigenvalue weighted by Gasteiger charge is 2.36. The average Bonchev–Trinajstić information content (AvgIpc) is 2.33. The quantitative estimate of drug-likeness (QED) is 0.728. The van der Waals surface area contributed by atoms with Crippen LogP contribution in [0, 0.1) is 0 Å². The molecule has 2 rings (SSSR count). The van der Waals surface area contributed by atoms with Crippen LogP contribution in [-0.2, 0) is 0 Å². The van der Waals surface area contributed by atoms with Crippen LogP contribution in [0.1, 0.15) is 44.5 Å². The second-order valence-corrected chi connectivity index (χ2v) is 6.75. The largest absolute Gasteiger partial charge is 0.334 e. The second-order valence-electron chi connectivity index (χ2n) is 6.75. The summed E-state index contributed by atoms with van der Waals surface area (Å²) in [5, 5.41) is 2.35. The van der Waals surface area contributed by atoms with E-state index >= 15 is 0 Å². The van der Waals surface area contributed by atoms with Crippen LogP contribution in [-0.4, -0.2) is 17.0 Å². The molecule has 1 aliphatic rings. The monoisotopic (exact) mass is 274 g/mol. The fraction of sp³-hybridized carbons (Fsp3) is 0.438. The number of hydrazine groups is 1.